The molecular formula is C13H8BrN3O5. The maximum Gasteiger partial charge on any atom is 0.271 e. The van der Waals surface area contributed by atoms with Crippen LogP contribution < -0.4 is 5.32 Å². The van der Waals surface area contributed by atoms with Crippen molar-refractivity contribution < 1.29 is 14.6 Å². The summed E-state index contributed by atoms with van der Waals surface area (Å²) < 4.78 is 0.480. The standard InChI is InChI=1S/C13H8BrN3O5/c14-11-6-5-10(17(21)22)7-12(11)15-13(18)8-1-3-9(4-2-8)16(19)20/h1-7H,(H,15,18). The summed E-state index contributed by atoms with van der Waals surface area (Å²) in [5, 5.41) is 23.8. The van der Waals surface area contributed by atoms with E-state index >= 15 is 0 Å². The molecule has 112 valence electrons. The fraction of sp³-hybridized carbons (Fsp3) is 0. The van der Waals surface area contributed by atoms with Crippen molar-refractivity contribution in [1.82, 2.24) is 0 Å². The lowest BCUT2D eigenvalue weighted by Gasteiger charge is -2.07. The number of anilines is 1. The minimum Gasteiger partial charge on any atom is -0.321 e. The third-order valence-electron chi connectivity index (χ3n) is 2.75. The summed E-state index contributed by atoms with van der Waals surface area (Å²) in [6, 6.07) is 8.98. The van der Waals surface area contributed by atoms with E-state index in [-0.39, 0.29) is 22.6 Å². The Morgan fingerprint density at radius 2 is 1.50 bits per heavy atom. The lowest BCUT2D eigenvalue weighted by molar-refractivity contribution is -0.385. The Morgan fingerprint density at radius 1 is 0.955 bits per heavy atom. The van der Waals surface area contributed by atoms with Crippen LogP contribution in [0.5, 0.6) is 0 Å². The van der Waals surface area contributed by atoms with Gasteiger partial charge in [-0.1, -0.05) is 0 Å². The van der Waals surface area contributed by atoms with Crippen molar-refractivity contribution in [2.45, 2.75) is 0 Å². The minimum absolute atomic E-state index is 0.131. The average molecular weight is 366 g/mol. The highest BCUT2D eigenvalue weighted by Crippen LogP contribution is 2.27. The smallest absolute Gasteiger partial charge is 0.271 e. The summed E-state index contributed by atoms with van der Waals surface area (Å²) in [6.45, 7) is 0. The van der Waals surface area contributed by atoms with E-state index in [0.29, 0.717) is 4.47 Å². The average Bonchev–Trinajstić information content (AvgIpc) is 2.49. The highest BCUT2D eigenvalue weighted by molar-refractivity contribution is 9.10. The summed E-state index contributed by atoms with van der Waals surface area (Å²) in [5.74, 6) is -0.531. The molecule has 0 spiro atoms. The van der Waals surface area contributed by atoms with Crippen molar-refractivity contribution in [3.05, 3.63) is 72.7 Å². The van der Waals surface area contributed by atoms with Gasteiger partial charge in [-0.2, -0.15) is 0 Å². The summed E-state index contributed by atoms with van der Waals surface area (Å²) in [5.41, 5.74) is 0.136. The molecule has 0 fully saturated rings. The molecule has 0 saturated heterocycles. The number of halogens is 1. The van der Waals surface area contributed by atoms with E-state index in [1.807, 2.05) is 0 Å². The highest BCUT2D eigenvalue weighted by atomic mass is 79.9. The molecule has 1 amide bonds. The Labute approximate surface area is 132 Å². The van der Waals surface area contributed by atoms with Crippen LogP contribution in [-0.4, -0.2) is 15.8 Å². The molecule has 0 unspecified atom stereocenters. The first-order chi connectivity index (χ1) is 10.4. The second kappa shape index (κ2) is 6.31. The molecule has 0 atom stereocenters. The molecule has 8 nitrogen and oxygen atoms in total. The molecule has 0 aliphatic carbocycles. The van der Waals surface area contributed by atoms with E-state index in [0.717, 1.165) is 0 Å². The summed E-state index contributed by atoms with van der Waals surface area (Å²) >= 11 is 3.18. The van der Waals surface area contributed by atoms with Gasteiger partial charge in [0.2, 0.25) is 0 Å². The third kappa shape index (κ3) is 3.44. The number of hydrogen-bond donors (Lipinski definition) is 1. The first-order valence-corrected chi connectivity index (χ1v) is 6.67. The topological polar surface area (TPSA) is 115 Å². The number of hydrogen-bond acceptors (Lipinski definition) is 5. The highest BCUT2D eigenvalue weighted by Gasteiger charge is 2.14. The van der Waals surface area contributed by atoms with Crippen molar-refractivity contribution in [2.24, 2.45) is 0 Å². The number of nitrogens with zero attached hydrogens (tertiary/aromatic N) is 2. The van der Waals surface area contributed by atoms with Gasteiger partial charge in [0.05, 0.1) is 15.5 Å². The van der Waals surface area contributed by atoms with Crippen LogP contribution in [0.15, 0.2) is 46.9 Å². The Bertz CT molecular complexity index is 761. The molecule has 0 saturated carbocycles. The van der Waals surface area contributed by atoms with E-state index in [9.17, 15) is 25.0 Å². The molecule has 2 aromatic rings. The normalized spacial score (nSPS) is 10.0. The van der Waals surface area contributed by atoms with Gasteiger partial charge in [0.25, 0.3) is 17.3 Å². The molecule has 1 N–H and O–H groups in total. The third-order valence-corrected chi connectivity index (χ3v) is 3.44. The number of rotatable bonds is 4. The number of benzene rings is 2. The van der Waals surface area contributed by atoms with Gasteiger partial charge in [0.1, 0.15) is 0 Å². The molecular weight excluding hydrogens is 358 g/mol. The Morgan fingerprint density at radius 3 is 2.05 bits per heavy atom. The van der Waals surface area contributed by atoms with Crippen molar-refractivity contribution in [1.29, 1.82) is 0 Å². The Hall–Kier alpha value is -2.81. The summed E-state index contributed by atoms with van der Waals surface area (Å²) in [6.07, 6.45) is 0. The molecule has 0 heterocycles. The van der Waals surface area contributed by atoms with Gasteiger partial charge in [-0.3, -0.25) is 25.0 Å². The number of carbonyl (C=O) groups is 1. The van der Waals surface area contributed by atoms with E-state index in [1.165, 1.54) is 42.5 Å². The van der Waals surface area contributed by atoms with Gasteiger partial charge in [-0.05, 0) is 34.1 Å². The summed E-state index contributed by atoms with van der Waals surface area (Å²) in [4.78, 5) is 32.2. The first-order valence-electron chi connectivity index (χ1n) is 5.88. The van der Waals surface area contributed by atoms with Gasteiger partial charge >= 0.3 is 0 Å². The first kappa shape index (κ1) is 15.6. The predicted octanol–water partition coefficient (Wildman–Crippen LogP) is 3.52. The predicted molar refractivity (Wildman–Crippen MR) is 81.8 cm³/mol. The monoisotopic (exact) mass is 365 g/mol. The lowest BCUT2D eigenvalue weighted by Crippen LogP contribution is -2.12. The van der Waals surface area contributed by atoms with E-state index in [1.54, 1.807) is 0 Å². The molecule has 2 aromatic carbocycles. The zero-order chi connectivity index (χ0) is 16.3. The number of non-ortho nitro benzene ring substituents is 2. The van der Waals surface area contributed by atoms with E-state index in [2.05, 4.69) is 21.2 Å². The lowest BCUT2D eigenvalue weighted by atomic mass is 10.2. The number of nitro groups is 2. The Kier molecular flexibility index (Phi) is 4.47. The number of nitrogens with one attached hydrogen (secondary N) is 1. The van der Waals surface area contributed by atoms with Crippen molar-refractivity contribution in [2.75, 3.05) is 5.32 Å². The van der Waals surface area contributed by atoms with Crippen LogP contribution >= 0.6 is 15.9 Å². The van der Waals surface area contributed by atoms with Crippen LogP contribution in [0.4, 0.5) is 17.1 Å². The summed E-state index contributed by atoms with van der Waals surface area (Å²) in [7, 11) is 0. The van der Waals surface area contributed by atoms with Gasteiger partial charge in [0, 0.05) is 34.3 Å². The number of amides is 1. The van der Waals surface area contributed by atoms with Crippen molar-refractivity contribution >= 4 is 38.9 Å². The second-order valence-corrected chi connectivity index (χ2v) is 5.03. The molecule has 22 heavy (non-hydrogen) atoms. The van der Waals surface area contributed by atoms with Gasteiger partial charge in [0.15, 0.2) is 0 Å². The molecule has 2 rings (SSSR count). The van der Waals surface area contributed by atoms with Gasteiger partial charge < -0.3 is 5.32 Å². The number of carbonyl (C=O) groups excluding carboxylic acids is 1. The molecule has 0 bridgehead atoms. The molecule has 0 radical (unpaired) electrons. The Balaban J connectivity index is 2.23. The van der Waals surface area contributed by atoms with Crippen molar-refractivity contribution in [3.8, 4) is 0 Å². The van der Waals surface area contributed by atoms with Crippen LogP contribution in [-0.2, 0) is 0 Å². The van der Waals surface area contributed by atoms with Crippen LogP contribution in [0.3, 0.4) is 0 Å². The molecule has 9 heteroatoms. The van der Waals surface area contributed by atoms with Crippen LogP contribution in [0.1, 0.15) is 10.4 Å². The molecule has 0 aliphatic heterocycles. The maximum atomic E-state index is 12.1. The molecule has 0 aliphatic rings. The maximum absolute atomic E-state index is 12.1. The minimum atomic E-state index is -0.575. The van der Waals surface area contributed by atoms with Gasteiger partial charge in [-0.15, -0.1) is 0 Å². The van der Waals surface area contributed by atoms with Crippen LogP contribution in [0.25, 0.3) is 0 Å². The second-order valence-electron chi connectivity index (χ2n) is 4.18. The van der Waals surface area contributed by atoms with E-state index in [4.69, 9.17) is 0 Å². The van der Waals surface area contributed by atoms with Crippen molar-refractivity contribution in [3.63, 3.8) is 0 Å². The zero-order valence-corrected chi connectivity index (χ0v) is 12.4. The quantitative estimate of drug-likeness (QED) is 0.657. The van der Waals surface area contributed by atoms with Crippen LogP contribution in [0, 0.1) is 20.2 Å². The fourth-order valence-electron chi connectivity index (χ4n) is 1.65. The molecule has 0 aromatic heterocycles. The number of nitro benzene ring substituents is 2. The SMILES string of the molecule is O=C(Nc1cc([N+](=O)[O-])ccc1Br)c1ccc([N+](=O)[O-])cc1. The largest absolute Gasteiger partial charge is 0.321 e. The zero-order valence-electron chi connectivity index (χ0n) is 10.9. The van der Waals surface area contributed by atoms with Gasteiger partial charge in [-0.25, -0.2) is 0 Å². The fourth-order valence-corrected chi connectivity index (χ4v) is 2.00. The van der Waals surface area contributed by atoms with E-state index < -0.39 is 15.8 Å². The van der Waals surface area contributed by atoms with Crippen LogP contribution in [0.2, 0.25) is 0 Å².